The fourth-order valence-corrected chi connectivity index (χ4v) is 5.33. The molecule has 0 aliphatic rings. The number of benzene rings is 3. The SMILES string of the molecule is COc1cccc(N(CC(=O)N/N=C(\C)CC(C)(C)c2ccccc2)S(=O)(=O)c2ccc(C)cc2)c1. The second kappa shape index (κ2) is 11.4. The zero-order chi connectivity index (χ0) is 26.3. The standard InChI is InChI=1S/C28H33N3O4S/c1-21-14-16-26(17-15-21)36(33,34)31(24-12-9-13-25(18-24)35-5)20-27(32)30-29-22(2)19-28(3,4)23-10-7-6-8-11-23/h6-18H,19-20H2,1-5H3,(H,30,32)/b29-22+. The summed E-state index contributed by atoms with van der Waals surface area (Å²) in [5.74, 6) is -0.0700. The third kappa shape index (κ3) is 6.73. The zero-order valence-electron chi connectivity index (χ0n) is 21.4. The van der Waals surface area contributed by atoms with Crippen molar-refractivity contribution in [3.8, 4) is 5.75 Å². The van der Waals surface area contributed by atoms with Crippen LogP contribution in [0.5, 0.6) is 5.75 Å². The first-order chi connectivity index (χ1) is 17.0. The third-order valence-electron chi connectivity index (χ3n) is 5.86. The summed E-state index contributed by atoms with van der Waals surface area (Å²) in [4.78, 5) is 13.0. The van der Waals surface area contributed by atoms with Crippen LogP contribution in [-0.2, 0) is 20.2 Å². The van der Waals surface area contributed by atoms with E-state index in [9.17, 15) is 13.2 Å². The van der Waals surface area contributed by atoms with E-state index < -0.39 is 22.5 Å². The Hall–Kier alpha value is -3.65. The third-order valence-corrected chi connectivity index (χ3v) is 7.65. The van der Waals surface area contributed by atoms with E-state index in [-0.39, 0.29) is 10.3 Å². The van der Waals surface area contributed by atoms with Gasteiger partial charge in [-0.05, 0) is 55.5 Å². The van der Waals surface area contributed by atoms with Gasteiger partial charge in [-0.25, -0.2) is 13.8 Å². The number of hydrogen-bond acceptors (Lipinski definition) is 5. The van der Waals surface area contributed by atoms with Gasteiger partial charge < -0.3 is 4.74 Å². The Balaban J connectivity index is 1.82. The van der Waals surface area contributed by atoms with Crippen LogP contribution in [0.2, 0.25) is 0 Å². The lowest BCUT2D eigenvalue weighted by Gasteiger charge is -2.25. The van der Waals surface area contributed by atoms with Gasteiger partial charge in [0, 0.05) is 11.8 Å². The molecule has 0 radical (unpaired) electrons. The normalized spacial score (nSPS) is 12.2. The van der Waals surface area contributed by atoms with Crippen molar-refractivity contribution in [2.45, 2.75) is 44.4 Å². The maximum atomic E-state index is 13.5. The van der Waals surface area contributed by atoms with E-state index in [2.05, 4.69) is 36.5 Å². The number of carbonyl (C=O) groups excluding carboxylic acids is 1. The van der Waals surface area contributed by atoms with E-state index >= 15 is 0 Å². The van der Waals surface area contributed by atoms with Gasteiger partial charge in [0.2, 0.25) is 0 Å². The van der Waals surface area contributed by atoms with Gasteiger partial charge in [-0.1, -0.05) is 67.9 Å². The van der Waals surface area contributed by atoms with Gasteiger partial charge in [0.15, 0.2) is 0 Å². The monoisotopic (exact) mass is 507 g/mol. The molecule has 0 saturated heterocycles. The Morgan fingerprint density at radius 1 is 1.00 bits per heavy atom. The summed E-state index contributed by atoms with van der Waals surface area (Å²) < 4.78 is 33.4. The Morgan fingerprint density at radius 3 is 2.31 bits per heavy atom. The number of amides is 1. The first-order valence-electron chi connectivity index (χ1n) is 11.6. The minimum atomic E-state index is -4.03. The summed E-state index contributed by atoms with van der Waals surface area (Å²) in [7, 11) is -2.53. The van der Waals surface area contributed by atoms with Gasteiger partial charge in [-0.2, -0.15) is 5.10 Å². The van der Waals surface area contributed by atoms with Crippen molar-refractivity contribution in [2.75, 3.05) is 18.0 Å². The number of anilines is 1. The molecule has 0 aliphatic heterocycles. The molecule has 0 aliphatic carbocycles. The molecular weight excluding hydrogens is 474 g/mol. The number of rotatable bonds is 10. The Morgan fingerprint density at radius 2 is 1.67 bits per heavy atom. The highest BCUT2D eigenvalue weighted by Gasteiger charge is 2.28. The molecule has 0 unspecified atom stereocenters. The zero-order valence-corrected chi connectivity index (χ0v) is 22.2. The van der Waals surface area contributed by atoms with Crippen molar-refractivity contribution < 1.29 is 17.9 Å². The molecule has 0 saturated carbocycles. The van der Waals surface area contributed by atoms with Crippen molar-refractivity contribution in [1.82, 2.24) is 5.43 Å². The van der Waals surface area contributed by atoms with E-state index in [1.807, 2.05) is 32.0 Å². The second-order valence-corrected chi connectivity index (χ2v) is 11.2. The maximum Gasteiger partial charge on any atom is 0.264 e. The molecule has 36 heavy (non-hydrogen) atoms. The minimum absolute atomic E-state index is 0.0908. The highest BCUT2D eigenvalue weighted by molar-refractivity contribution is 7.92. The molecule has 0 heterocycles. The number of methoxy groups -OCH3 is 1. The van der Waals surface area contributed by atoms with Crippen LogP contribution in [0.4, 0.5) is 5.69 Å². The van der Waals surface area contributed by atoms with E-state index in [0.29, 0.717) is 17.9 Å². The lowest BCUT2D eigenvalue weighted by Crippen LogP contribution is -2.39. The highest BCUT2D eigenvalue weighted by atomic mass is 32.2. The predicted molar refractivity (Wildman–Crippen MR) is 144 cm³/mol. The summed E-state index contributed by atoms with van der Waals surface area (Å²) in [6.45, 7) is 7.50. The van der Waals surface area contributed by atoms with Crippen LogP contribution in [0.1, 0.15) is 38.3 Å². The van der Waals surface area contributed by atoms with Crippen LogP contribution in [0.3, 0.4) is 0 Å². The van der Waals surface area contributed by atoms with Crippen molar-refractivity contribution in [2.24, 2.45) is 5.10 Å². The minimum Gasteiger partial charge on any atom is -0.497 e. The average Bonchev–Trinajstić information content (AvgIpc) is 2.86. The Labute approximate surface area is 213 Å². The molecule has 3 aromatic rings. The number of aryl methyl sites for hydroxylation is 1. The smallest absolute Gasteiger partial charge is 0.264 e. The summed E-state index contributed by atoms with van der Waals surface area (Å²) in [6, 6.07) is 23.2. The average molecular weight is 508 g/mol. The van der Waals surface area contributed by atoms with Crippen LogP contribution < -0.4 is 14.5 Å². The summed E-state index contributed by atoms with van der Waals surface area (Å²) in [6.07, 6.45) is 0.624. The first-order valence-corrected chi connectivity index (χ1v) is 13.1. The van der Waals surface area contributed by atoms with Crippen molar-refractivity contribution in [3.05, 3.63) is 90.0 Å². The molecule has 190 valence electrons. The van der Waals surface area contributed by atoms with Crippen molar-refractivity contribution >= 4 is 27.3 Å². The first kappa shape index (κ1) is 26.9. The Bertz CT molecular complexity index is 1320. The molecule has 0 atom stereocenters. The lowest BCUT2D eigenvalue weighted by molar-refractivity contribution is -0.119. The van der Waals surface area contributed by atoms with Crippen LogP contribution >= 0.6 is 0 Å². The quantitative estimate of drug-likeness (QED) is 0.307. The number of nitrogens with one attached hydrogen (secondary N) is 1. The summed E-state index contributed by atoms with van der Waals surface area (Å²) in [5.41, 5.74) is 5.49. The van der Waals surface area contributed by atoms with Gasteiger partial charge in [-0.3, -0.25) is 9.10 Å². The van der Waals surface area contributed by atoms with Gasteiger partial charge in [-0.15, -0.1) is 0 Å². The number of nitrogens with zero attached hydrogens (tertiary/aromatic N) is 2. The largest absolute Gasteiger partial charge is 0.497 e. The Kier molecular flexibility index (Phi) is 8.53. The fraction of sp³-hybridized carbons (Fsp3) is 0.286. The molecule has 8 heteroatoms. The van der Waals surface area contributed by atoms with Crippen LogP contribution in [0, 0.1) is 6.92 Å². The van der Waals surface area contributed by atoms with E-state index in [4.69, 9.17) is 4.74 Å². The number of sulfonamides is 1. The van der Waals surface area contributed by atoms with Crippen LogP contribution in [-0.4, -0.2) is 33.7 Å². The van der Waals surface area contributed by atoms with Gasteiger partial charge in [0.05, 0.1) is 17.7 Å². The summed E-state index contributed by atoms with van der Waals surface area (Å²) >= 11 is 0. The van der Waals surface area contributed by atoms with Gasteiger partial charge in [0.25, 0.3) is 15.9 Å². The highest BCUT2D eigenvalue weighted by Crippen LogP contribution is 2.28. The topological polar surface area (TPSA) is 88.1 Å². The molecule has 0 fully saturated rings. The molecule has 1 amide bonds. The molecule has 0 spiro atoms. The summed E-state index contributed by atoms with van der Waals surface area (Å²) in [5, 5.41) is 4.25. The van der Waals surface area contributed by atoms with Gasteiger partial charge in [0.1, 0.15) is 12.3 Å². The van der Waals surface area contributed by atoms with Crippen LogP contribution in [0.15, 0.2) is 88.9 Å². The number of hydrazone groups is 1. The van der Waals surface area contributed by atoms with E-state index in [1.165, 1.54) is 24.8 Å². The molecule has 3 rings (SSSR count). The van der Waals surface area contributed by atoms with Crippen LogP contribution in [0.25, 0.3) is 0 Å². The van der Waals surface area contributed by atoms with E-state index in [1.54, 1.807) is 36.4 Å². The number of carbonyl (C=O) groups is 1. The van der Waals surface area contributed by atoms with Crippen molar-refractivity contribution in [3.63, 3.8) is 0 Å². The molecule has 0 aromatic heterocycles. The second-order valence-electron chi connectivity index (χ2n) is 9.33. The molecule has 1 N–H and O–H groups in total. The molecule has 0 bridgehead atoms. The molecule has 7 nitrogen and oxygen atoms in total. The maximum absolute atomic E-state index is 13.5. The number of hydrogen-bond donors (Lipinski definition) is 1. The lowest BCUT2D eigenvalue weighted by atomic mass is 9.80. The number of ether oxygens (including phenoxy) is 1. The van der Waals surface area contributed by atoms with Crippen molar-refractivity contribution in [1.29, 1.82) is 0 Å². The molecular formula is C28H33N3O4S. The van der Waals surface area contributed by atoms with Gasteiger partial charge >= 0.3 is 0 Å². The predicted octanol–water partition coefficient (Wildman–Crippen LogP) is 5.06. The fourth-order valence-electron chi connectivity index (χ4n) is 3.91. The van der Waals surface area contributed by atoms with E-state index in [0.717, 1.165) is 15.6 Å². The molecule has 3 aromatic carbocycles.